The summed E-state index contributed by atoms with van der Waals surface area (Å²) in [6, 6.07) is 3.53. The molecular weight excluding hydrogens is 258 g/mol. The molecule has 0 saturated heterocycles. The van der Waals surface area contributed by atoms with E-state index < -0.39 is 0 Å². The molecule has 0 fully saturated rings. The molecule has 4 nitrogen and oxygen atoms in total. The van der Waals surface area contributed by atoms with Gasteiger partial charge in [-0.05, 0) is 57.2 Å². The third-order valence-corrected chi connectivity index (χ3v) is 3.83. The second kappa shape index (κ2) is 5.48. The number of ketones is 1. The van der Waals surface area contributed by atoms with Crippen LogP contribution in [-0.4, -0.2) is 20.7 Å². The highest BCUT2D eigenvalue weighted by molar-refractivity contribution is 7.99. The molecule has 0 bridgehead atoms. The maximum atomic E-state index is 11.6. The molecule has 0 saturated carbocycles. The summed E-state index contributed by atoms with van der Waals surface area (Å²) in [4.78, 5) is 24.6. The Hall–Kier alpha value is -1.75. The van der Waals surface area contributed by atoms with Gasteiger partial charge in [-0.3, -0.25) is 4.79 Å². The first-order chi connectivity index (χ1) is 8.99. The zero-order valence-corrected chi connectivity index (χ0v) is 12.2. The molecule has 2 aromatic heterocycles. The number of hydrogen-bond acceptors (Lipinski definition) is 5. The van der Waals surface area contributed by atoms with Crippen molar-refractivity contribution in [2.75, 3.05) is 0 Å². The van der Waals surface area contributed by atoms with Crippen molar-refractivity contribution in [1.82, 2.24) is 15.0 Å². The van der Waals surface area contributed by atoms with Gasteiger partial charge in [0.05, 0.1) is 0 Å². The van der Waals surface area contributed by atoms with Crippen molar-refractivity contribution in [2.45, 2.75) is 37.9 Å². The number of pyridine rings is 1. The molecule has 2 heterocycles. The smallest absolute Gasteiger partial charge is 0.194 e. The van der Waals surface area contributed by atoms with E-state index >= 15 is 0 Å². The van der Waals surface area contributed by atoms with Crippen molar-refractivity contribution in [3.05, 3.63) is 40.8 Å². The number of carbonyl (C=O) groups is 1. The molecule has 2 aromatic rings. The van der Waals surface area contributed by atoms with Gasteiger partial charge in [-0.2, -0.15) is 0 Å². The van der Waals surface area contributed by atoms with E-state index in [2.05, 4.69) is 15.0 Å². The maximum absolute atomic E-state index is 11.6. The fraction of sp³-hybridized carbons (Fsp3) is 0.286. The van der Waals surface area contributed by atoms with E-state index in [0.717, 1.165) is 17.0 Å². The van der Waals surface area contributed by atoms with Gasteiger partial charge in [-0.25, -0.2) is 15.0 Å². The molecule has 0 amide bonds. The summed E-state index contributed by atoms with van der Waals surface area (Å²) in [5.74, 6) is -0.00356. The lowest BCUT2D eigenvalue weighted by Crippen LogP contribution is -2.01. The minimum absolute atomic E-state index is 0.00356. The van der Waals surface area contributed by atoms with E-state index in [1.54, 1.807) is 18.3 Å². The SMILES string of the molecule is CC(=O)c1cccnc1Sc1nc(C)c(C)c(C)n1. The van der Waals surface area contributed by atoms with Crippen molar-refractivity contribution >= 4 is 17.5 Å². The van der Waals surface area contributed by atoms with E-state index in [9.17, 15) is 4.79 Å². The van der Waals surface area contributed by atoms with E-state index in [4.69, 9.17) is 0 Å². The average Bonchev–Trinajstić information content (AvgIpc) is 2.36. The third kappa shape index (κ3) is 2.98. The molecule has 0 aromatic carbocycles. The van der Waals surface area contributed by atoms with Gasteiger partial charge in [0, 0.05) is 23.1 Å². The Morgan fingerprint density at radius 1 is 1.16 bits per heavy atom. The largest absolute Gasteiger partial charge is 0.294 e. The van der Waals surface area contributed by atoms with Gasteiger partial charge in [0.25, 0.3) is 0 Å². The standard InChI is InChI=1S/C14H15N3OS/c1-8-9(2)16-14(17-10(8)3)19-13-12(11(4)18)6-5-7-15-13/h5-7H,1-4H3. The third-order valence-electron chi connectivity index (χ3n) is 2.95. The van der Waals surface area contributed by atoms with Crippen LogP contribution in [0.25, 0.3) is 0 Å². The Kier molecular flexibility index (Phi) is 3.95. The number of carbonyl (C=O) groups excluding carboxylic acids is 1. The van der Waals surface area contributed by atoms with Crippen molar-refractivity contribution in [3.63, 3.8) is 0 Å². The van der Waals surface area contributed by atoms with Crippen LogP contribution in [0.1, 0.15) is 34.2 Å². The zero-order chi connectivity index (χ0) is 14.0. The van der Waals surface area contributed by atoms with Gasteiger partial charge in [0.1, 0.15) is 5.03 Å². The van der Waals surface area contributed by atoms with E-state index in [1.165, 1.54) is 18.7 Å². The lowest BCUT2D eigenvalue weighted by Gasteiger charge is -2.07. The molecule has 5 heteroatoms. The Bertz CT molecular complexity index is 617. The summed E-state index contributed by atoms with van der Waals surface area (Å²) in [5, 5.41) is 1.28. The van der Waals surface area contributed by atoms with E-state index in [0.29, 0.717) is 15.7 Å². The first-order valence-electron chi connectivity index (χ1n) is 5.94. The topological polar surface area (TPSA) is 55.7 Å². The molecule has 0 aliphatic heterocycles. The number of Topliss-reactive ketones (excluding diaryl/α,β-unsaturated/α-hetero) is 1. The van der Waals surface area contributed by atoms with Crippen LogP contribution in [0.2, 0.25) is 0 Å². The number of rotatable bonds is 3. The van der Waals surface area contributed by atoms with E-state index in [1.807, 2.05) is 20.8 Å². The predicted octanol–water partition coefficient (Wildman–Crippen LogP) is 3.15. The van der Waals surface area contributed by atoms with Crippen molar-refractivity contribution in [1.29, 1.82) is 0 Å². The van der Waals surface area contributed by atoms with Gasteiger partial charge in [-0.1, -0.05) is 0 Å². The number of hydrogen-bond donors (Lipinski definition) is 0. The normalized spacial score (nSPS) is 10.5. The quantitative estimate of drug-likeness (QED) is 0.635. The lowest BCUT2D eigenvalue weighted by molar-refractivity contribution is 0.101. The van der Waals surface area contributed by atoms with Crippen LogP contribution >= 0.6 is 11.8 Å². The van der Waals surface area contributed by atoms with Gasteiger partial charge in [0.15, 0.2) is 10.9 Å². The summed E-state index contributed by atoms with van der Waals surface area (Å²) in [5.41, 5.74) is 3.61. The maximum Gasteiger partial charge on any atom is 0.194 e. The second-order valence-corrected chi connectivity index (χ2v) is 5.27. The number of aromatic nitrogens is 3. The highest BCUT2D eigenvalue weighted by Gasteiger charge is 2.12. The molecular formula is C14H15N3OS. The first kappa shape index (κ1) is 13.7. The predicted molar refractivity (Wildman–Crippen MR) is 74.6 cm³/mol. The monoisotopic (exact) mass is 273 g/mol. The molecule has 2 rings (SSSR count). The molecule has 19 heavy (non-hydrogen) atoms. The summed E-state index contributed by atoms with van der Waals surface area (Å²) in [6.07, 6.45) is 1.67. The molecule has 0 atom stereocenters. The Morgan fingerprint density at radius 2 is 1.79 bits per heavy atom. The second-order valence-electron chi connectivity index (χ2n) is 4.32. The van der Waals surface area contributed by atoms with Gasteiger partial charge >= 0.3 is 0 Å². The number of aryl methyl sites for hydroxylation is 2. The Morgan fingerprint density at radius 3 is 2.37 bits per heavy atom. The molecule has 0 aliphatic rings. The van der Waals surface area contributed by atoms with Crippen LogP contribution in [0.5, 0.6) is 0 Å². The molecule has 0 unspecified atom stereocenters. The highest BCUT2D eigenvalue weighted by atomic mass is 32.2. The molecule has 0 spiro atoms. The van der Waals surface area contributed by atoms with Gasteiger partial charge in [-0.15, -0.1) is 0 Å². The van der Waals surface area contributed by atoms with Crippen LogP contribution in [0.3, 0.4) is 0 Å². The van der Waals surface area contributed by atoms with Crippen molar-refractivity contribution in [3.8, 4) is 0 Å². The molecule has 0 N–H and O–H groups in total. The highest BCUT2D eigenvalue weighted by Crippen LogP contribution is 2.27. The fourth-order valence-electron chi connectivity index (χ4n) is 1.61. The van der Waals surface area contributed by atoms with Gasteiger partial charge < -0.3 is 0 Å². The lowest BCUT2D eigenvalue weighted by atomic mass is 10.2. The van der Waals surface area contributed by atoms with Crippen molar-refractivity contribution < 1.29 is 4.79 Å². The first-order valence-corrected chi connectivity index (χ1v) is 6.76. The zero-order valence-electron chi connectivity index (χ0n) is 11.4. The minimum Gasteiger partial charge on any atom is -0.294 e. The summed E-state index contributed by atoms with van der Waals surface area (Å²) in [7, 11) is 0. The van der Waals surface area contributed by atoms with Crippen LogP contribution in [-0.2, 0) is 0 Å². The van der Waals surface area contributed by atoms with Crippen LogP contribution in [0.4, 0.5) is 0 Å². The molecule has 0 aliphatic carbocycles. The Labute approximate surface area is 116 Å². The number of nitrogens with zero attached hydrogens (tertiary/aromatic N) is 3. The van der Waals surface area contributed by atoms with Crippen molar-refractivity contribution in [2.24, 2.45) is 0 Å². The summed E-state index contributed by atoms with van der Waals surface area (Å²) in [6.45, 7) is 7.45. The summed E-state index contributed by atoms with van der Waals surface area (Å²) >= 11 is 1.33. The van der Waals surface area contributed by atoms with Crippen LogP contribution in [0, 0.1) is 20.8 Å². The minimum atomic E-state index is -0.00356. The average molecular weight is 273 g/mol. The van der Waals surface area contributed by atoms with E-state index in [-0.39, 0.29) is 5.78 Å². The molecule has 98 valence electrons. The van der Waals surface area contributed by atoms with Crippen LogP contribution in [0.15, 0.2) is 28.5 Å². The fourth-order valence-corrected chi connectivity index (χ4v) is 2.59. The van der Waals surface area contributed by atoms with Crippen LogP contribution < -0.4 is 0 Å². The summed E-state index contributed by atoms with van der Waals surface area (Å²) < 4.78 is 0. The van der Waals surface area contributed by atoms with Gasteiger partial charge in [0.2, 0.25) is 0 Å². The Balaban J connectivity index is 2.39. The molecule has 0 radical (unpaired) electrons.